The Morgan fingerprint density at radius 2 is 0.465 bits per heavy atom. The van der Waals surface area contributed by atoms with Crippen molar-refractivity contribution in [3.05, 3.63) is 337 Å². The SMILES string of the molecule is CC(C)(C)c1cc(N(c2cccc(Cl)c2)c2c(-c3ccccc3-c3ccccc3)cccc2-c2ccccc2-c2ccccc2)cc(N(c2cccc(Cl)c2)c2c(-c3ccccc3-c3ccccc3)cccc2-c2ccccc2-c2ccccc2)c1. The minimum Gasteiger partial charge on any atom is -0.309 e. The van der Waals surface area contributed by atoms with Crippen molar-refractivity contribution in [2.75, 3.05) is 9.80 Å². The molecule has 0 heterocycles. The highest BCUT2D eigenvalue weighted by molar-refractivity contribution is 6.31. The maximum Gasteiger partial charge on any atom is 0.0618 e. The molecular formula is C82H62Cl2N2. The van der Waals surface area contributed by atoms with E-state index in [1.165, 1.54) is 0 Å². The van der Waals surface area contributed by atoms with Crippen molar-refractivity contribution >= 4 is 57.3 Å². The van der Waals surface area contributed by atoms with Crippen LogP contribution in [0.15, 0.2) is 322 Å². The molecule has 13 aromatic rings. The molecule has 13 aromatic carbocycles. The maximum absolute atomic E-state index is 7.27. The van der Waals surface area contributed by atoms with Crippen LogP contribution in [0.25, 0.3) is 89.0 Å². The Kier molecular flexibility index (Phi) is 15.6. The molecule has 0 aromatic heterocycles. The molecule has 0 atom stereocenters. The summed E-state index contributed by atoms with van der Waals surface area (Å²) in [5.41, 5.74) is 24.1. The largest absolute Gasteiger partial charge is 0.309 e. The van der Waals surface area contributed by atoms with Gasteiger partial charge in [0, 0.05) is 55.0 Å². The van der Waals surface area contributed by atoms with Gasteiger partial charge in [-0.25, -0.2) is 0 Å². The van der Waals surface area contributed by atoms with Crippen LogP contribution in [0.2, 0.25) is 10.0 Å². The summed E-state index contributed by atoms with van der Waals surface area (Å²) in [6.45, 7) is 6.92. The number of benzene rings is 13. The van der Waals surface area contributed by atoms with Crippen LogP contribution in [0.5, 0.6) is 0 Å². The molecule has 0 saturated heterocycles. The Balaban J connectivity index is 1.17. The molecule has 0 aliphatic carbocycles. The predicted octanol–water partition coefficient (Wildman–Crippen LogP) is 24.6. The van der Waals surface area contributed by atoms with E-state index in [1.807, 2.05) is 12.1 Å². The van der Waals surface area contributed by atoms with E-state index >= 15 is 0 Å². The van der Waals surface area contributed by atoms with Gasteiger partial charge in [0.05, 0.1) is 11.4 Å². The van der Waals surface area contributed by atoms with E-state index in [2.05, 4.69) is 340 Å². The fourth-order valence-corrected chi connectivity index (χ4v) is 12.5. The van der Waals surface area contributed by atoms with Crippen LogP contribution < -0.4 is 9.80 Å². The second kappa shape index (κ2) is 24.3. The highest BCUT2D eigenvalue weighted by Gasteiger charge is 2.30. The normalized spacial score (nSPS) is 11.3. The second-order valence-corrected chi connectivity index (χ2v) is 23.5. The number of halogens is 2. The molecule has 0 saturated carbocycles. The fourth-order valence-electron chi connectivity index (χ4n) is 12.1. The first kappa shape index (κ1) is 55.2. The molecule has 0 aliphatic rings. The third-order valence-corrected chi connectivity index (χ3v) is 16.6. The van der Waals surface area contributed by atoms with E-state index < -0.39 is 0 Å². The quantitative estimate of drug-likeness (QED) is 0.107. The van der Waals surface area contributed by atoms with Crippen molar-refractivity contribution in [1.29, 1.82) is 0 Å². The zero-order valence-corrected chi connectivity index (χ0v) is 49.8. The average molecular weight is 1150 g/mol. The van der Waals surface area contributed by atoms with Gasteiger partial charge in [0.2, 0.25) is 0 Å². The summed E-state index contributed by atoms with van der Waals surface area (Å²) in [5.74, 6) is 0. The van der Waals surface area contributed by atoms with Crippen LogP contribution in [0.4, 0.5) is 34.1 Å². The van der Waals surface area contributed by atoms with Crippen molar-refractivity contribution in [1.82, 2.24) is 0 Å². The second-order valence-electron chi connectivity index (χ2n) is 22.7. The Bertz CT molecular complexity index is 4050. The van der Waals surface area contributed by atoms with Crippen LogP contribution in [0, 0.1) is 0 Å². The first-order valence-electron chi connectivity index (χ1n) is 29.3. The fraction of sp³-hybridized carbons (Fsp3) is 0.0488. The standard InChI is InChI=1S/C82H62Cl2N2/c1-82(2,3)61-52-66(85(64-38-24-36-62(83)54-64)80-76(72-44-20-16-40-68(72)57-28-8-4-9-29-57)48-26-49-77(80)73-45-21-17-41-69(73)58-30-10-5-11-31-58)56-67(53-61)86(65-39-25-37-63(84)55-65)81-78(74-46-22-18-42-70(74)59-32-12-6-13-33-59)50-27-51-79(81)75-47-23-19-43-71(75)60-34-14-7-15-35-60/h4-56H,1-3H3. The molecule has 0 N–H and O–H groups in total. The highest BCUT2D eigenvalue weighted by atomic mass is 35.5. The number of para-hydroxylation sites is 2. The summed E-state index contributed by atoms with van der Waals surface area (Å²) in [6.07, 6.45) is 0. The lowest BCUT2D eigenvalue weighted by atomic mass is 9.85. The van der Waals surface area contributed by atoms with Gasteiger partial charge in [-0.1, -0.05) is 311 Å². The molecular weight excluding hydrogens is 1080 g/mol. The van der Waals surface area contributed by atoms with Crippen molar-refractivity contribution < 1.29 is 0 Å². The molecule has 0 aliphatic heterocycles. The molecule has 0 spiro atoms. The van der Waals surface area contributed by atoms with Crippen LogP contribution in [0.1, 0.15) is 26.3 Å². The van der Waals surface area contributed by atoms with Gasteiger partial charge in [-0.3, -0.25) is 0 Å². The number of nitrogens with zero attached hydrogens (tertiary/aromatic N) is 2. The van der Waals surface area contributed by atoms with Crippen LogP contribution in [0.3, 0.4) is 0 Å². The van der Waals surface area contributed by atoms with Crippen LogP contribution in [-0.4, -0.2) is 0 Å². The van der Waals surface area contributed by atoms with Gasteiger partial charge in [-0.2, -0.15) is 0 Å². The van der Waals surface area contributed by atoms with Gasteiger partial charge in [-0.05, 0) is 132 Å². The van der Waals surface area contributed by atoms with E-state index in [4.69, 9.17) is 23.2 Å². The number of hydrogen-bond donors (Lipinski definition) is 0. The summed E-state index contributed by atoms with van der Waals surface area (Å²) in [5, 5.41) is 1.25. The lowest BCUT2D eigenvalue weighted by molar-refractivity contribution is 0.590. The molecule has 13 rings (SSSR count). The van der Waals surface area contributed by atoms with Crippen molar-refractivity contribution in [2.24, 2.45) is 0 Å². The molecule has 0 unspecified atom stereocenters. The Hall–Kier alpha value is -9.96. The first-order chi connectivity index (χ1) is 42.2. The molecule has 4 heteroatoms. The van der Waals surface area contributed by atoms with Gasteiger partial charge >= 0.3 is 0 Å². The first-order valence-corrected chi connectivity index (χ1v) is 30.0. The number of anilines is 6. The summed E-state index contributed by atoms with van der Waals surface area (Å²) in [4.78, 5) is 4.91. The molecule has 0 fully saturated rings. The van der Waals surface area contributed by atoms with Crippen molar-refractivity contribution in [3.8, 4) is 89.0 Å². The smallest absolute Gasteiger partial charge is 0.0618 e. The molecule has 0 amide bonds. The van der Waals surface area contributed by atoms with Crippen LogP contribution in [-0.2, 0) is 5.41 Å². The zero-order valence-electron chi connectivity index (χ0n) is 48.2. The zero-order chi connectivity index (χ0) is 58.6. The average Bonchev–Trinajstić information content (AvgIpc) is 2.18. The molecule has 0 bridgehead atoms. The monoisotopic (exact) mass is 1140 g/mol. The molecule has 2 nitrogen and oxygen atoms in total. The Morgan fingerprint density at radius 3 is 0.733 bits per heavy atom. The van der Waals surface area contributed by atoms with Gasteiger partial charge in [0.15, 0.2) is 0 Å². The summed E-state index contributed by atoms with van der Waals surface area (Å²) in [7, 11) is 0. The van der Waals surface area contributed by atoms with Gasteiger partial charge < -0.3 is 9.80 Å². The van der Waals surface area contributed by atoms with E-state index in [0.717, 1.165) is 129 Å². The topological polar surface area (TPSA) is 6.48 Å². The maximum atomic E-state index is 7.27. The van der Waals surface area contributed by atoms with Crippen LogP contribution >= 0.6 is 23.2 Å². The van der Waals surface area contributed by atoms with Gasteiger partial charge in [-0.15, -0.1) is 0 Å². The van der Waals surface area contributed by atoms with E-state index in [1.54, 1.807) is 0 Å². The molecule has 86 heavy (non-hydrogen) atoms. The molecule has 0 radical (unpaired) electrons. The molecule has 414 valence electrons. The lowest BCUT2D eigenvalue weighted by Gasteiger charge is -2.36. The Labute approximate surface area is 516 Å². The predicted molar refractivity (Wildman–Crippen MR) is 368 cm³/mol. The highest BCUT2D eigenvalue weighted by Crippen LogP contribution is 2.55. The summed E-state index contributed by atoms with van der Waals surface area (Å²) in [6, 6.07) is 115. The minimum atomic E-state index is -0.352. The summed E-state index contributed by atoms with van der Waals surface area (Å²) >= 11 is 14.5. The third kappa shape index (κ3) is 11.2. The lowest BCUT2D eigenvalue weighted by Crippen LogP contribution is -2.19. The van der Waals surface area contributed by atoms with Crippen molar-refractivity contribution in [3.63, 3.8) is 0 Å². The Morgan fingerprint density at radius 1 is 0.221 bits per heavy atom. The van der Waals surface area contributed by atoms with E-state index in [9.17, 15) is 0 Å². The van der Waals surface area contributed by atoms with Gasteiger partial charge in [0.1, 0.15) is 0 Å². The van der Waals surface area contributed by atoms with Crippen molar-refractivity contribution in [2.45, 2.75) is 26.2 Å². The number of hydrogen-bond acceptors (Lipinski definition) is 2. The number of rotatable bonds is 14. The van der Waals surface area contributed by atoms with Gasteiger partial charge in [0.25, 0.3) is 0 Å². The van der Waals surface area contributed by atoms with E-state index in [-0.39, 0.29) is 5.41 Å². The minimum absolute atomic E-state index is 0.352. The third-order valence-electron chi connectivity index (χ3n) is 16.1. The summed E-state index contributed by atoms with van der Waals surface area (Å²) < 4.78 is 0. The van der Waals surface area contributed by atoms with E-state index in [0.29, 0.717) is 10.0 Å².